The molecule has 0 heterocycles. The molecular weight excluding hydrogens is 422 g/mol. The van der Waals surface area contributed by atoms with Gasteiger partial charge in [-0.15, -0.1) is 0 Å². The van der Waals surface area contributed by atoms with Gasteiger partial charge in [-0.25, -0.2) is 5.43 Å². The molecule has 0 aliphatic heterocycles. The molecule has 0 saturated carbocycles. The summed E-state index contributed by atoms with van der Waals surface area (Å²) in [6.07, 6.45) is 1.48. The van der Waals surface area contributed by atoms with Crippen molar-refractivity contribution in [2.75, 3.05) is 26.1 Å². The molecule has 0 aliphatic carbocycles. The van der Waals surface area contributed by atoms with Crippen molar-refractivity contribution in [1.82, 2.24) is 5.43 Å². The number of carbonyl (C=O) groups is 2. The van der Waals surface area contributed by atoms with Gasteiger partial charge < -0.3 is 19.5 Å². The van der Waals surface area contributed by atoms with Gasteiger partial charge in [-0.1, -0.05) is 18.2 Å². The molecule has 170 valence electrons. The lowest BCUT2D eigenvalue weighted by molar-refractivity contribution is -0.118. The number of hydrogen-bond acceptors (Lipinski definition) is 6. The summed E-state index contributed by atoms with van der Waals surface area (Å²) in [5.74, 6) is 0.778. The molecular formula is C25H25N3O5. The SMILES string of the molecule is COc1cccc(C(=O)N/N=C/c2ccc(OCC(=O)Nc3cccc(C)c3)c(OC)c2)c1. The molecule has 0 atom stereocenters. The number of hydrogen-bond donors (Lipinski definition) is 2. The van der Waals surface area contributed by atoms with Crippen LogP contribution in [0.15, 0.2) is 71.8 Å². The second kappa shape index (κ2) is 11.3. The molecule has 2 amide bonds. The van der Waals surface area contributed by atoms with E-state index in [1.54, 1.807) is 42.5 Å². The summed E-state index contributed by atoms with van der Waals surface area (Å²) in [5, 5.41) is 6.77. The van der Waals surface area contributed by atoms with E-state index in [9.17, 15) is 9.59 Å². The zero-order chi connectivity index (χ0) is 23.6. The molecule has 3 aromatic carbocycles. The Labute approximate surface area is 192 Å². The van der Waals surface area contributed by atoms with Crippen molar-refractivity contribution in [3.8, 4) is 17.2 Å². The highest BCUT2D eigenvalue weighted by Gasteiger charge is 2.09. The van der Waals surface area contributed by atoms with Crippen molar-refractivity contribution in [1.29, 1.82) is 0 Å². The van der Waals surface area contributed by atoms with Crippen molar-refractivity contribution in [3.05, 3.63) is 83.4 Å². The quantitative estimate of drug-likeness (QED) is 0.384. The van der Waals surface area contributed by atoms with Gasteiger partial charge in [-0.3, -0.25) is 9.59 Å². The molecule has 0 aliphatic rings. The summed E-state index contributed by atoms with van der Waals surface area (Å²) < 4.78 is 16.1. The Hall–Kier alpha value is -4.33. The summed E-state index contributed by atoms with van der Waals surface area (Å²) in [4.78, 5) is 24.4. The van der Waals surface area contributed by atoms with Gasteiger partial charge in [0, 0.05) is 11.3 Å². The molecule has 0 saturated heterocycles. The minimum atomic E-state index is -0.364. The van der Waals surface area contributed by atoms with Crippen LogP contribution in [0.1, 0.15) is 21.5 Å². The van der Waals surface area contributed by atoms with Crippen LogP contribution in [0.25, 0.3) is 0 Å². The molecule has 0 aromatic heterocycles. The zero-order valence-electron chi connectivity index (χ0n) is 18.6. The number of amides is 2. The maximum Gasteiger partial charge on any atom is 0.271 e. The molecule has 0 spiro atoms. The predicted molar refractivity (Wildman–Crippen MR) is 126 cm³/mol. The fraction of sp³-hybridized carbons (Fsp3) is 0.160. The molecule has 33 heavy (non-hydrogen) atoms. The maximum atomic E-state index is 12.2. The minimum Gasteiger partial charge on any atom is -0.497 e. The van der Waals surface area contributed by atoms with E-state index in [4.69, 9.17) is 14.2 Å². The van der Waals surface area contributed by atoms with Crippen LogP contribution in [0.2, 0.25) is 0 Å². The summed E-state index contributed by atoms with van der Waals surface area (Å²) in [7, 11) is 3.03. The van der Waals surface area contributed by atoms with Crippen LogP contribution in [0.3, 0.4) is 0 Å². The molecule has 0 unspecified atom stereocenters. The summed E-state index contributed by atoms with van der Waals surface area (Å²) in [6, 6.07) is 19.4. The number of nitrogens with zero attached hydrogens (tertiary/aromatic N) is 1. The fourth-order valence-electron chi connectivity index (χ4n) is 2.94. The summed E-state index contributed by atoms with van der Waals surface area (Å²) in [5.41, 5.74) is 5.33. The summed E-state index contributed by atoms with van der Waals surface area (Å²) in [6.45, 7) is 1.78. The molecule has 3 aromatic rings. The van der Waals surface area contributed by atoms with Gasteiger partial charge in [0.2, 0.25) is 0 Å². The van der Waals surface area contributed by atoms with E-state index in [-0.39, 0.29) is 18.4 Å². The van der Waals surface area contributed by atoms with E-state index in [1.807, 2.05) is 31.2 Å². The average molecular weight is 447 g/mol. The second-order valence-corrected chi connectivity index (χ2v) is 7.05. The Morgan fingerprint density at radius 3 is 2.52 bits per heavy atom. The lowest BCUT2D eigenvalue weighted by Crippen LogP contribution is -2.20. The number of anilines is 1. The smallest absolute Gasteiger partial charge is 0.271 e. The van der Waals surface area contributed by atoms with Gasteiger partial charge in [-0.05, 0) is 66.6 Å². The van der Waals surface area contributed by atoms with Crippen LogP contribution >= 0.6 is 0 Å². The van der Waals surface area contributed by atoms with Gasteiger partial charge in [0.25, 0.3) is 11.8 Å². The molecule has 0 radical (unpaired) electrons. The van der Waals surface area contributed by atoms with E-state index in [0.717, 1.165) is 5.56 Å². The number of methoxy groups -OCH3 is 2. The third-order valence-electron chi connectivity index (χ3n) is 4.56. The highest BCUT2D eigenvalue weighted by Crippen LogP contribution is 2.27. The number of hydrazone groups is 1. The third kappa shape index (κ3) is 6.83. The Bertz CT molecular complexity index is 1160. The Morgan fingerprint density at radius 2 is 1.76 bits per heavy atom. The van der Waals surface area contributed by atoms with Crippen molar-refractivity contribution in [3.63, 3.8) is 0 Å². The molecule has 0 fully saturated rings. The molecule has 8 nitrogen and oxygen atoms in total. The molecule has 3 rings (SSSR count). The maximum absolute atomic E-state index is 12.2. The fourth-order valence-corrected chi connectivity index (χ4v) is 2.94. The zero-order valence-corrected chi connectivity index (χ0v) is 18.6. The van der Waals surface area contributed by atoms with Crippen LogP contribution in [-0.4, -0.2) is 38.9 Å². The van der Waals surface area contributed by atoms with E-state index >= 15 is 0 Å². The topological polar surface area (TPSA) is 98.3 Å². The van der Waals surface area contributed by atoms with E-state index in [0.29, 0.717) is 34.1 Å². The standard InChI is InChI=1S/C25H25N3O5/c1-17-6-4-8-20(12-17)27-24(29)16-33-22-11-10-18(13-23(22)32-3)15-26-28-25(30)19-7-5-9-21(14-19)31-2/h4-15H,16H2,1-3H3,(H,27,29)(H,28,30)/b26-15+. The number of benzene rings is 3. The van der Waals surface area contributed by atoms with E-state index in [2.05, 4.69) is 15.8 Å². The number of carbonyl (C=O) groups excluding carboxylic acids is 2. The Balaban J connectivity index is 1.57. The van der Waals surface area contributed by atoms with Crippen LogP contribution in [0, 0.1) is 6.92 Å². The first-order valence-electron chi connectivity index (χ1n) is 10.1. The van der Waals surface area contributed by atoms with Crippen LogP contribution < -0.4 is 25.0 Å². The number of nitrogens with one attached hydrogen (secondary N) is 2. The van der Waals surface area contributed by atoms with Crippen molar-refractivity contribution in [2.45, 2.75) is 6.92 Å². The van der Waals surface area contributed by atoms with Crippen molar-refractivity contribution in [2.24, 2.45) is 5.10 Å². The van der Waals surface area contributed by atoms with Gasteiger partial charge in [0.15, 0.2) is 18.1 Å². The van der Waals surface area contributed by atoms with Crippen LogP contribution in [0.4, 0.5) is 5.69 Å². The predicted octanol–water partition coefficient (Wildman–Crippen LogP) is 3.79. The van der Waals surface area contributed by atoms with Gasteiger partial charge in [0.1, 0.15) is 5.75 Å². The van der Waals surface area contributed by atoms with E-state index < -0.39 is 0 Å². The minimum absolute atomic E-state index is 0.172. The van der Waals surface area contributed by atoms with E-state index in [1.165, 1.54) is 20.4 Å². The van der Waals surface area contributed by atoms with Crippen molar-refractivity contribution < 1.29 is 23.8 Å². The largest absolute Gasteiger partial charge is 0.497 e. The highest BCUT2D eigenvalue weighted by molar-refractivity contribution is 5.95. The molecule has 8 heteroatoms. The molecule has 2 N–H and O–H groups in total. The number of aryl methyl sites for hydroxylation is 1. The lowest BCUT2D eigenvalue weighted by atomic mass is 10.2. The second-order valence-electron chi connectivity index (χ2n) is 7.05. The number of ether oxygens (including phenoxy) is 3. The Kier molecular flexibility index (Phi) is 8.02. The monoisotopic (exact) mass is 447 g/mol. The first-order valence-corrected chi connectivity index (χ1v) is 10.1. The number of rotatable bonds is 9. The third-order valence-corrected chi connectivity index (χ3v) is 4.56. The van der Waals surface area contributed by atoms with Crippen molar-refractivity contribution >= 4 is 23.7 Å². The Morgan fingerprint density at radius 1 is 0.939 bits per heavy atom. The van der Waals surface area contributed by atoms with Crippen LogP contribution in [-0.2, 0) is 4.79 Å². The van der Waals surface area contributed by atoms with Gasteiger partial charge >= 0.3 is 0 Å². The van der Waals surface area contributed by atoms with Gasteiger partial charge in [0.05, 0.1) is 20.4 Å². The first kappa shape index (κ1) is 23.3. The van der Waals surface area contributed by atoms with Crippen LogP contribution in [0.5, 0.6) is 17.2 Å². The summed E-state index contributed by atoms with van der Waals surface area (Å²) >= 11 is 0. The van der Waals surface area contributed by atoms with Gasteiger partial charge in [-0.2, -0.15) is 5.10 Å². The molecule has 0 bridgehead atoms. The first-order chi connectivity index (χ1) is 16.0. The lowest BCUT2D eigenvalue weighted by Gasteiger charge is -2.11. The highest BCUT2D eigenvalue weighted by atomic mass is 16.5. The average Bonchev–Trinajstić information content (AvgIpc) is 2.83. The normalized spacial score (nSPS) is 10.5.